The smallest absolute Gasteiger partial charge is 0.259 e. The number of pyridine rings is 1. The molecule has 126 valence electrons. The number of carbonyl (C=O) groups excluding carboxylic acids is 1. The van der Waals surface area contributed by atoms with E-state index in [4.69, 9.17) is 4.74 Å². The molecule has 3 heterocycles. The molecule has 1 saturated heterocycles. The minimum absolute atomic E-state index is 0.231. The van der Waals surface area contributed by atoms with Gasteiger partial charge in [-0.05, 0) is 43.7 Å². The van der Waals surface area contributed by atoms with Crippen molar-refractivity contribution in [3.63, 3.8) is 0 Å². The maximum absolute atomic E-state index is 12.1. The van der Waals surface area contributed by atoms with E-state index in [9.17, 15) is 4.79 Å². The average Bonchev–Trinajstić information content (AvgIpc) is 3.34. The number of aromatic nitrogens is 3. The lowest BCUT2D eigenvalue weighted by Gasteiger charge is -2.30. The van der Waals surface area contributed by atoms with Gasteiger partial charge in [0.25, 0.3) is 5.91 Å². The van der Waals surface area contributed by atoms with Gasteiger partial charge in [0.05, 0.1) is 11.7 Å². The highest BCUT2D eigenvalue weighted by Gasteiger charge is 2.35. The van der Waals surface area contributed by atoms with Gasteiger partial charge in [0.1, 0.15) is 11.3 Å². The molecule has 0 bridgehead atoms. The van der Waals surface area contributed by atoms with Crippen molar-refractivity contribution in [1.82, 2.24) is 15.2 Å². The second-order valence-electron chi connectivity index (χ2n) is 6.24. The van der Waals surface area contributed by atoms with Crippen LogP contribution in [0.25, 0.3) is 0 Å². The summed E-state index contributed by atoms with van der Waals surface area (Å²) in [5, 5.41) is 14.1. The van der Waals surface area contributed by atoms with Crippen molar-refractivity contribution < 1.29 is 9.53 Å². The fourth-order valence-corrected chi connectivity index (χ4v) is 3.42. The molecule has 24 heavy (non-hydrogen) atoms. The van der Waals surface area contributed by atoms with Gasteiger partial charge in [-0.1, -0.05) is 11.3 Å². The van der Waals surface area contributed by atoms with Crippen molar-refractivity contribution in [2.75, 3.05) is 17.2 Å². The van der Waals surface area contributed by atoms with Crippen molar-refractivity contribution in [2.24, 2.45) is 5.92 Å². The van der Waals surface area contributed by atoms with Crippen LogP contribution in [0.3, 0.4) is 0 Å². The van der Waals surface area contributed by atoms with E-state index < -0.39 is 0 Å². The fraction of sp³-hybridized carbons (Fsp3) is 0.500. The standard InChI is InChI=1S/C16H19N5O2S/c22-15(20-16-21-18-9-24-16)11-3-4-14(17-8-11)19-12-5-6-23-13(7-12)10-1-2-10/h3-4,8-10,12-13H,1-2,5-7H2,(H,17,19)(H,20,21,22). The Bertz CT molecular complexity index is 687. The van der Waals surface area contributed by atoms with E-state index in [1.54, 1.807) is 17.8 Å². The maximum atomic E-state index is 12.1. The molecule has 8 heteroatoms. The monoisotopic (exact) mass is 345 g/mol. The van der Waals surface area contributed by atoms with E-state index >= 15 is 0 Å². The first kappa shape index (κ1) is 15.5. The minimum atomic E-state index is -0.231. The zero-order valence-corrected chi connectivity index (χ0v) is 14.0. The van der Waals surface area contributed by atoms with Crippen molar-refractivity contribution in [3.8, 4) is 0 Å². The molecule has 7 nitrogen and oxygen atoms in total. The number of hydrogen-bond donors (Lipinski definition) is 2. The molecule has 2 unspecified atom stereocenters. The van der Waals surface area contributed by atoms with Crippen LogP contribution >= 0.6 is 11.3 Å². The molecule has 1 aliphatic heterocycles. The zero-order chi connectivity index (χ0) is 16.4. The van der Waals surface area contributed by atoms with Gasteiger partial charge in [0.15, 0.2) is 0 Å². The van der Waals surface area contributed by atoms with Crippen LogP contribution in [0.5, 0.6) is 0 Å². The first-order valence-corrected chi connectivity index (χ1v) is 9.07. The first-order chi connectivity index (χ1) is 11.8. The minimum Gasteiger partial charge on any atom is -0.378 e. The summed E-state index contributed by atoms with van der Waals surface area (Å²) in [5.74, 6) is 1.32. The van der Waals surface area contributed by atoms with Crippen LogP contribution in [-0.4, -0.2) is 39.8 Å². The Labute approximate surface area is 143 Å². The van der Waals surface area contributed by atoms with E-state index in [-0.39, 0.29) is 5.91 Å². The molecular weight excluding hydrogens is 326 g/mol. The Morgan fingerprint density at radius 1 is 1.29 bits per heavy atom. The molecule has 4 rings (SSSR count). The predicted molar refractivity (Wildman–Crippen MR) is 91.2 cm³/mol. The van der Waals surface area contributed by atoms with Crippen molar-refractivity contribution in [3.05, 3.63) is 29.4 Å². The summed E-state index contributed by atoms with van der Waals surface area (Å²) >= 11 is 1.28. The number of carbonyl (C=O) groups is 1. The summed E-state index contributed by atoms with van der Waals surface area (Å²) in [6, 6.07) is 4.00. The lowest BCUT2D eigenvalue weighted by molar-refractivity contribution is -0.00223. The van der Waals surface area contributed by atoms with Crippen LogP contribution < -0.4 is 10.6 Å². The largest absolute Gasteiger partial charge is 0.378 e. The van der Waals surface area contributed by atoms with Crippen LogP contribution in [0.4, 0.5) is 10.9 Å². The highest BCUT2D eigenvalue weighted by molar-refractivity contribution is 7.13. The van der Waals surface area contributed by atoms with Gasteiger partial charge in [-0.15, -0.1) is 10.2 Å². The number of ether oxygens (including phenoxy) is 1. The summed E-state index contributed by atoms with van der Waals surface area (Å²) in [6.07, 6.45) is 6.60. The number of anilines is 2. The third-order valence-electron chi connectivity index (χ3n) is 4.42. The second kappa shape index (κ2) is 6.82. The summed E-state index contributed by atoms with van der Waals surface area (Å²) in [4.78, 5) is 16.5. The Hall–Kier alpha value is -2.06. The lowest BCUT2D eigenvalue weighted by atomic mass is 10.00. The molecule has 0 spiro atoms. The van der Waals surface area contributed by atoms with Crippen LogP contribution in [-0.2, 0) is 4.74 Å². The molecule has 1 saturated carbocycles. The molecule has 1 aliphatic carbocycles. The topological polar surface area (TPSA) is 89.0 Å². The number of nitrogens with zero attached hydrogens (tertiary/aromatic N) is 3. The highest BCUT2D eigenvalue weighted by Crippen LogP contribution is 2.38. The van der Waals surface area contributed by atoms with Gasteiger partial charge in [-0.25, -0.2) is 4.98 Å². The van der Waals surface area contributed by atoms with E-state index in [1.165, 1.54) is 24.2 Å². The quantitative estimate of drug-likeness (QED) is 0.866. The molecule has 2 aromatic rings. The van der Waals surface area contributed by atoms with Crippen LogP contribution in [0, 0.1) is 5.92 Å². The Balaban J connectivity index is 1.34. The number of rotatable bonds is 5. The van der Waals surface area contributed by atoms with Crippen LogP contribution in [0.15, 0.2) is 23.8 Å². The van der Waals surface area contributed by atoms with Gasteiger partial charge < -0.3 is 10.1 Å². The maximum Gasteiger partial charge on any atom is 0.259 e. The van der Waals surface area contributed by atoms with E-state index in [0.29, 0.717) is 22.8 Å². The molecule has 2 aliphatic rings. The number of hydrogen-bond acceptors (Lipinski definition) is 7. The third kappa shape index (κ3) is 3.70. The molecule has 2 aromatic heterocycles. The van der Waals surface area contributed by atoms with Gasteiger partial charge in [0.2, 0.25) is 5.13 Å². The highest BCUT2D eigenvalue weighted by atomic mass is 32.1. The average molecular weight is 345 g/mol. The SMILES string of the molecule is O=C(Nc1nncs1)c1ccc(NC2CCOC(C3CC3)C2)nc1. The summed E-state index contributed by atoms with van der Waals surface area (Å²) in [5.41, 5.74) is 2.07. The van der Waals surface area contributed by atoms with E-state index in [0.717, 1.165) is 31.2 Å². The predicted octanol–water partition coefficient (Wildman–Crippen LogP) is 2.55. The van der Waals surface area contributed by atoms with Gasteiger partial charge >= 0.3 is 0 Å². The number of amides is 1. The fourth-order valence-electron chi connectivity index (χ4n) is 2.98. The number of nitrogens with one attached hydrogen (secondary N) is 2. The van der Waals surface area contributed by atoms with Gasteiger partial charge in [-0.2, -0.15) is 0 Å². The molecule has 0 radical (unpaired) electrons. The second-order valence-corrected chi connectivity index (χ2v) is 7.08. The van der Waals surface area contributed by atoms with Crippen LogP contribution in [0.2, 0.25) is 0 Å². The first-order valence-electron chi connectivity index (χ1n) is 8.19. The Kier molecular flexibility index (Phi) is 4.40. The molecular formula is C16H19N5O2S. The normalized spacial score (nSPS) is 23.7. The van der Waals surface area contributed by atoms with Crippen molar-refractivity contribution in [1.29, 1.82) is 0 Å². The Morgan fingerprint density at radius 2 is 2.21 bits per heavy atom. The molecule has 1 amide bonds. The van der Waals surface area contributed by atoms with Crippen LogP contribution in [0.1, 0.15) is 36.0 Å². The summed E-state index contributed by atoms with van der Waals surface area (Å²) in [7, 11) is 0. The van der Waals surface area contributed by atoms with E-state index in [1.807, 2.05) is 6.07 Å². The molecule has 2 atom stereocenters. The van der Waals surface area contributed by atoms with Gasteiger partial charge in [0, 0.05) is 18.8 Å². The third-order valence-corrected chi connectivity index (χ3v) is 5.03. The molecule has 2 fully saturated rings. The zero-order valence-electron chi connectivity index (χ0n) is 13.1. The summed E-state index contributed by atoms with van der Waals surface area (Å²) < 4.78 is 5.85. The van der Waals surface area contributed by atoms with Crippen molar-refractivity contribution in [2.45, 2.75) is 37.8 Å². The Morgan fingerprint density at radius 3 is 2.92 bits per heavy atom. The molecule has 0 aromatic carbocycles. The van der Waals surface area contributed by atoms with E-state index in [2.05, 4.69) is 25.8 Å². The van der Waals surface area contributed by atoms with Crippen molar-refractivity contribution >= 4 is 28.2 Å². The van der Waals surface area contributed by atoms with Gasteiger partial charge in [-0.3, -0.25) is 10.1 Å². The summed E-state index contributed by atoms with van der Waals surface area (Å²) in [6.45, 7) is 0.807. The molecule has 2 N–H and O–H groups in total. The lowest BCUT2D eigenvalue weighted by Crippen LogP contribution is -2.35.